The molecule has 0 radical (unpaired) electrons. The molecule has 0 bridgehead atoms. The van der Waals surface area contributed by atoms with Crippen molar-refractivity contribution in [2.75, 3.05) is 0 Å². The summed E-state index contributed by atoms with van der Waals surface area (Å²) < 4.78 is 1.76. The van der Waals surface area contributed by atoms with E-state index in [-0.39, 0.29) is 11.0 Å². The maximum Gasteiger partial charge on any atom is 0.281 e. The molecule has 0 spiro atoms. The highest BCUT2D eigenvalue weighted by Gasteiger charge is 2.25. The monoisotopic (exact) mass is 380 g/mol. The summed E-state index contributed by atoms with van der Waals surface area (Å²) in [6.07, 6.45) is 9.70. The molecular formula is C20H22N5OS-. The molecule has 0 unspecified atom stereocenters. The Labute approximate surface area is 162 Å². The third kappa shape index (κ3) is 3.69. The SMILES string of the molecule is C[CH-]C(C)(C)C=Nc1ccnc2c1nc(-c1nccs1)c(=O)n2CC1CC1. The molecule has 0 atom stereocenters. The standard InChI is InChI=1S/C20H22N5OS/c1-4-20(2,3)12-23-14-7-8-21-17-15(14)24-16(18-22-9-10-27-18)19(26)25(17)11-13-5-6-13/h4,7-10,12-13H,5-6,11H2,1-3H3/q-1. The van der Waals surface area contributed by atoms with Gasteiger partial charge < -0.3 is 6.42 Å². The molecule has 0 amide bonds. The van der Waals surface area contributed by atoms with Gasteiger partial charge in [0.15, 0.2) is 11.3 Å². The highest BCUT2D eigenvalue weighted by Crippen LogP contribution is 2.32. The quantitative estimate of drug-likeness (QED) is 0.473. The summed E-state index contributed by atoms with van der Waals surface area (Å²) in [6.45, 7) is 6.88. The number of fused-ring (bicyclic) bond motifs is 1. The molecule has 27 heavy (non-hydrogen) atoms. The summed E-state index contributed by atoms with van der Waals surface area (Å²) in [4.78, 5) is 31.2. The van der Waals surface area contributed by atoms with Crippen LogP contribution < -0.4 is 5.56 Å². The Balaban J connectivity index is 1.93. The molecule has 0 saturated heterocycles. The molecule has 0 aromatic carbocycles. The van der Waals surface area contributed by atoms with E-state index >= 15 is 0 Å². The van der Waals surface area contributed by atoms with Gasteiger partial charge in [0.25, 0.3) is 5.56 Å². The van der Waals surface area contributed by atoms with Gasteiger partial charge in [-0.2, -0.15) is 6.92 Å². The Morgan fingerprint density at radius 1 is 1.37 bits per heavy atom. The molecule has 140 valence electrons. The largest absolute Gasteiger partial charge is 0.321 e. The maximum atomic E-state index is 13.1. The van der Waals surface area contributed by atoms with Gasteiger partial charge in [-0.3, -0.25) is 14.4 Å². The minimum Gasteiger partial charge on any atom is -0.321 e. The second kappa shape index (κ2) is 6.96. The van der Waals surface area contributed by atoms with Crippen LogP contribution in [-0.4, -0.2) is 25.7 Å². The van der Waals surface area contributed by atoms with Gasteiger partial charge in [0, 0.05) is 24.3 Å². The number of hydrogen-bond acceptors (Lipinski definition) is 6. The number of aliphatic imine (C=N–C) groups is 1. The van der Waals surface area contributed by atoms with Gasteiger partial charge in [-0.25, -0.2) is 15.0 Å². The third-order valence-corrected chi connectivity index (χ3v) is 5.64. The van der Waals surface area contributed by atoms with Crippen LogP contribution >= 0.6 is 11.3 Å². The van der Waals surface area contributed by atoms with Gasteiger partial charge in [-0.05, 0) is 31.0 Å². The first-order valence-electron chi connectivity index (χ1n) is 9.13. The number of nitrogens with zero attached hydrogens (tertiary/aromatic N) is 5. The van der Waals surface area contributed by atoms with Crippen molar-refractivity contribution in [3.63, 3.8) is 0 Å². The number of thiazole rings is 1. The predicted octanol–water partition coefficient (Wildman–Crippen LogP) is 4.28. The highest BCUT2D eigenvalue weighted by molar-refractivity contribution is 7.13. The van der Waals surface area contributed by atoms with E-state index in [1.165, 1.54) is 11.3 Å². The topological polar surface area (TPSA) is 73.0 Å². The molecule has 1 saturated carbocycles. The van der Waals surface area contributed by atoms with E-state index in [2.05, 4.69) is 40.2 Å². The summed E-state index contributed by atoms with van der Waals surface area (Å²) in [5.41, 5.74) is 2.09. The summed E-state index contributed by atoms with van der Waals surface area (Å²) in [5.74, 6) is 0.542. The number of rotatable bonds is 6. The van der Waals surface area contributed by atoms with Crippen molar-refractivity contribution in [2.24, 2.45) is 16.3 Å². The third-order valence-electron chi connectivity index (χ3n) is 4.86. The van der Waals surface area contributed by atoms with Gasteiger partial charge in [0.1, 0.15) is 10.5 Å². The van der Waals surface area contributed by atoms with Crippen LogP contribution in [0.3, 0.4) is 0 Å². The average Bonchev–Trinajstić information content (AvgIpc) is 3.32. The van der Waals surface area contributed by atoms with Gasteiger partial charge in [-0.1, -0.05) is 13.8 Å². The number of pyridine rings is 1. The summed E-state index contributed by atoms with van der Waals surface area (Å²) in [6, 6.07) is 1.84. The molecule has 7 heteroatoms. The Bertz CT molecular complexity index is 1050. The van der Waals surface area contributed by atoms with Crippen LogP contribution in [0.1, 0.15) is 33.6 Å². The van der Waals surface area contributed by atoms with Crippen LogP contribution in [0.25, 0.3) is 21.9 Å². The second-order valence-corrected chi connectivity index (χ2v) is 8.42. The zero-order chi connectivity index (χ0) is 19.0. The van der Waals surface area contributed by atoms with Crippen molar-refractivity contribution in [3.05, 3.63) is 40.6 Å². The fraction of sp³-hybridized carbons (Fsp3) is 0.400. The maximum absolute atomic E-state index is 13.1. The first kappa shape index (κ1) is 18.0. The molecule has 1 fully saturated rings. The Morgan fingerprint density at radius 2 is 2.19 bits per heavy atom. The molecule has 3 aromatic heterocycles. The van der Waals surface area contributed by atoms with Crippen LogP contribution in [-0.2, 0) is 6.54 Å². The number of hydrogen-bond donors (Lipinski definition) is 0. The molecule has 3 aromatic rings. The smallest absolute Gasteiger partial charge is 0.281 e. The van der Waals surface area contributed by atoms with E-state index in [9.17, 15) is 4.79 Å². The fourth-order valence-electron chi connectivity index (χ4n) is 2.74. The molecule has 0 aliphatic heterocycles. The van der Waals surface area contributed by atoms with Gasteiger partial charge in [0.05, 0.1) is 5.69 Å². The minimum atomic E-state index is -0.129. The molecule has 4 rings (SSSR count). The van der Waals surface area contributed by atoms with Crippen molar-refractivity contribution < 1.29 is 0 Å². The van der Waals surface area contributed by atoms with Crippen LogP contribution in [0.5, 0.6) is 0 Å². The molecule has 1 aliphatic rings. The van der Waals surface area contributed by atoms with Crippen molar-refractivity contribution >= 4 is 34.4 Å². The Kier molecular flexibility index (Phi) is 4.63. The van der Waals surface area contributed by atoms with Gasteiger partial charge in [0.2, 0.25) is 0 Å². The zero-order valence-corrected chi connectivity index (χ0v) is 16.5. The molecular weight excluding hydrogens is 358 g/mol. The molecule has 6 nitrogen and oxygen atoms in total. The predicted molar refractivity (Wildman–Crippen MR) is 110 cm³/mol. The summed E-state index contributed by atoms with van der Waals surface area (Å²) >= 11 is 1.42. The molecule has 0 N–H and O–H groups in total. The normalized spacial score (nSPS) is 15.1. The second-order valence-electron chi connectivity index (χ2n) is 7.53. The Morgan fingerprint density at radius 3 is 2.85 bits per heavy atom. The highest BCUT2D eigenvalue weighted by atomic mass is 32.1. The zero-order valence-electron chi connectivity index (χ0n) is 15.7. The lowest BCUT2D eigenvalue weighted by Crippen LogP contribution is -2.25. The first-order valence-corrected chi connectivity index (χ1v) is 10.0. The van der Waals surface area contributed by atoms with Crippen LogP contribution in [0.4, 0.5) is 5.69 Å². The fourth-order valence-corrected chi connectivity index (χ4v) is 3.36. The van der Waals surface area contributed by atoms with E-state index in [1.54, 1.807) is 17.0 Å². The van der Waals surface area contributed by atoms with E-state index in [1.807, 2.05) is 24.6 Å². The first-order chi connectivity index (χ1) is 13.0. The van der Waals surface area contributed by atoms with Gasteiger partial charge >= 0.3 is 0 Å². The lowest BCUT2D eigenvalue weighted by Gasteiger charge is -2.26. The minimum absolute atomic E-state index is 0.125. The lowest BCUT2D eigenvalue weighted by atomic mass is 9.92. The van der Waals surface area contributed by atoms with E-state index < -0.39 is 0 Å². The number of aromatic nitrogens is 4. The Hall–Kier alpha value is -2.41. The van der Waals surface area contributed by atoms with Crippen molar-refractivity contribution in [3.8, 4) is 10.7 Å². The summed E-state index contributed by atoms with van der Waals surface area (Å²) in [5, 5.41) is 2.49. The van der Waals surface area contributed by atoms with Crippen LogP contribution in [0.2, 0.25) is 0 Å². The molecule has 1 aliphatic carbocycles. The average molecular weight is 380 g/mol. The van der Waals surface area contributed by atoms with Crippen LogP contribution in [0, 0.1) is 17.8 Å². The van der Waals surface area contributed by atoms with E-state index in [4.69, 9.17) is 0 Å². The van der Waals surface area contributed by atoms with Crippen molar-refractivity contribution in [1.29, 1.82) is 0 Å². The van der Waals surface area contributed by atoms with E-state index in [0.717, 1.165) is 18.5 Å². The lowest BCUT2D eigenvalue weighted by molar-refractivity contribution is 0.620. The van der Waals surface area contributed by atoms with Gasteiger partial charge in [-0.15, -0.1) is 16.8 Å². The van der Waals surface area contributed by atoms with Crippen molar-refractivity contribution in [2.45, 2.75) is 40.2 Å². The molecule has 3 heterocycles. The van der Waals surface area contributed by atoms with E-state index in [0.29, 0.717) is 34.3 Å². The van der Waals surface area contributed by atoms with Crippen molar-refractivity contribution in [1.82, 2.24) is 19.5 Å². The van der Waals surface area contributed by atoms with Crippen LogP contribution in [0.15, 0.2) is 33.6 Å². The summed E-state index contributed by atoms with van der Waals surface area (Å²) in [7, 11) is 0.